The van der Waals surface area contributed by atoms with Crippen LogP contribution in [0.25, 0.3) is 0 Å². The van der Waals surface area contributed by atoms with Gasteiger partial charge in [0.05, 0.1) is 7.11 Å². The van der Waals surface area contributed by atoms with Crippen LogP contribution in [-0.2, 0) is 11.5 Å². The molecule has 0 spiro atoms. The molecule has 3 rings (SSSR count). The zero-order chi connectivity index (χ0) is 16.8. The highest BCUT2D eigenvalue weighted by Gasteiger charge is 2.07. The number of methoxy groups -OCH3 is 1. The lowest BCUT2D eigenvalue weighted by Gasteiger charge is -2.01. The molecule has 3 aromatic rings. The van der Waals surface area contributed by atoms with E-state index in [2.05, 4.69) is 22.3 Å². The second-order valence-electron chi connectivity index (χ2n) is 4.89. The van der Waals surface area contributed by atoms with Gasteiger partial charge >= 0.3 is 0 Å². The predicted molar refractivity (Wildman–Crippen MR) is 98.4 cm³/mol. The first kappa shape index (κ1) is 17.3. The van der Waals surface area contributed by atoms with Crippen LogP contribution in [0.1, 0.15) is 11.1 Å². The molecular weight excluding hydrogens is 363 g/mol. The highest BCUT2D eigenvalue weighted by Crippen LogP contribution is 2.32. The minimum absolute atomic E-state index is 0.211. The molecular formula is C17H15FN2OS3. The summed E-state index contributed by atoms with van der Waals surface area (Å²) in [6, 6.07) is 14.6. The maximum Gasteiger partial charge on any atom is 0.175 e. The maximum absolute atomic E-state index is 12.9. The fraction of sp³-hybridized carbons (Fsp3) is 0.176. The third-order valence-electron chi connectivity index (χ3n) is 3.18. The van der Waals surface area contributed by atoms with E-state index < -0.39 is 0 Å². The summed E-state index contributed by atoms with van der Waals surface area (Å²) >= 11 is 4.88. The molecule has 0 N–H and O–H groups in total. The van der Waals surface area contributed by atoms with E-state index >= 15 is 0 Å². The second kappa shape index (κ2) is 8.50. The number of benzene rings is 2. The van der Waals surface area contributed by atoms with Crippen molar-refractivity contribution >= 4 is 34.9 Å². The Morgan fingerprint density at radius 1 is 0.875 bits per heavy atom. The lowest BCUT2D eigenvalue weighted by molar-refractivity contribution is 0.414. The molecule has 124 valence electrons. The Morgan fingerprint density at radius 3 is 1.88 bits per heavy atom. The van der Waals surface area contributed by atoms with Gasteiger partial charge in [-0.2, -0.15) is 0 Å². The van der Waals surface area contributed by atoms with Crippen LogP contribution in [0.5, 0.6) is 5.75 Å². The molecule has 0 atom stereocenters. The topological polar surface area (TPSA) is 35.0 Å². The van der Waals surface area contributed by atoms with Gasteiger partial charge in [0, 0.05) is 11.5 Å². The van der Waals surface area contributed by atoms with Gasteiger partial charge in [-0.15, -0.1) is 10.2 Å². The zero-order valence-electron chi connectivity index (χ0n) is 12.9. The minimum Gasteiger partial charge on any atom is -0.497 e. The van der Waals surface area contributed by atoms with Crippen molar-refractivity contribution in [2.45, 2.75) is 20.2 Å². The Hall–Kier alpha value is -1.57. The highest BCUT2D eigenvalue weighted by atomic mass is 32.2. The van der Waals surface area contributed by atoms with Crippen LogP contribution >= 0.6 is 34.9 Å². The Bertz CT molecular complexity index is 775. The summed E-state index contributed by atoms with van der Waals surface area (Å²) in [5.74, 6) is 2.26. The van der Waals surface area contributed by atoms with E-state index in [1.165, 1.54) is 17.7 Å². The van der Waals surface area contributed by atoms with E-state index in [0.29, 0.717) is 0 Å². The van der Waals surface area contributed by atoms with Crippen LogP contribution in [0.15, 0.2) is 57.2 Å². The van der Waals surface area contributed by atoms with Crippen LogP contribution in [0.3, 0.4) is 0 Å². The van der Waals surface area contributed by atoms with Gasteiger partial charge in [-0.05, 0) is 35.4 Å². The average Bonchev–Trinajstić information content (AvgIpc) is 3.08. The van der Waals surface area contributed by atoms with Crippen LogP contribution in [0.4, 0.5) is 4.39 Å². The van der Waals surface area contributed by atoms with E-state index in [4.69, 9.17) is 4.74 Å². The summed E-state index contributed by atoms with van der Waals surface area (Å²) < 4.78 is 19.9. The SMILES string of the molecule is COc1ccc(CSc2nnc(SCc3ccc(F)cc3)s2)cc1. The van der Waals surface area contributed by atoms with Crippen molar-refractivity contribution in [3.05, 3.63) is 65.5 Å². The van der Waals surface area contributed by atoms with Gasteiger partial charge in [0.25, 0.3) is 0 Å². The van der Waals surface area contributed by atoms with Crippen molar-refractivity contribution in [1.29, 1.82) is 0 Å². The van der Waals surface area contributed by atoms with Crippen molar-refractivity contribution in [1.82, 2.24) is 10.2 Å². The summed E-state index contributed by atoms with van der Waals surface area (Å²) in [4.78, 5) is 0. The van der Waals surface area contributed by atoms with Gasteiger partial charge in [0.15, 0.2) is 8.68 Å². The van der Waals surface area contributed by atoms with Crippen LogP contribution in [0, 0.1) is 5.82 Å². The molecule has 0 fully saturated rings. The van der Waals surface area contributed by atoms with E-state index in [1.54, 1.807) is 54.1 Å². The standard InChI is InChI=1S/C17H15FN2OS3/c1-21-15-8-4-13(5-9-15)11-23-17-20-19-16(24-17)22-10-12-2-6-14(18)7-3-12/h2-9H,10-11H2,1H3. The molecule has 0 bridgehead atoms. The average molecular weight is 379 g/mol. The first-order valence-corrected chi connectivity index (χ1v) is 9.98. The molecule has 7 heteroatoms. The molecule has 1 heterocycles. The Balaban J connectivity index is 1.50. The first-order chi connectivity index (χ1) is 11.7. The van der Waals surface area contributed by atoms with Crippen molar-refractivity contribution < 1.29 is 9.13 Å². The van der Waals surface area contributed by atoms with Crippen LogP contribution in [0.2, 0.25) is 0 Å². The van der Waals surface area contributed by atoms with Crippen molar-refractivity contribution in [3.8, 4) is 5.75 Å². The van der Waals surface area contributed by atoms with Gasteiger partial charge in [0.1, 0.15) is 11.6 Å². The molecule has 0 amide bonds. The molecule has 0 unspecified atom stereocenters. The molecule has 0 saturated carbocycles. The molecule has 0 aliphatic heterocycles. The number of hydrogen-bond donors (Lipinski definition) is 0. The molecule has 0 aliphatic rings. The fourth-order valence-corrected chi connectivity index (χ4v) is 4.84. The normalized spacial score (nSPS) is 10.8. The molecule has 0 saturated heterocycles. The summed E-state index contributed by atoms with van der Waals surface area (Å²) in [5, 5.41) is 8.42. The van der Waals surface area contributed by atoms with E-state index in [1.807, 2.05) is 12.1 Å². The molecule has 3 nitrogen and oxygen atoms in total. The molecule has 2 aromatic carbocycles. The smallest absolute Gasteiger partial charge is 0.175 e. The molecule has 24 heavy (non-hydrogen) atoms. The van der Waals surface area contributed by atoms with Gasteiger partial charge in [-0.1, -0.05) is 59.1 Å². The lowest BCUT2D eigenvalue weighted by Crippen LogP contribution is -1.84. The fourth-order valence-electron chi connectivity index (χ4n) is 1.91. The van der Waals surface area contributed by atoms with Crippen LogP contribution < -0.4 is 4.74 Å². The summed E-state index contributed by atoms with van der Waals surface area (Å²) in [6.45, 7) is 0. The number of nitrogens with zero attached hydrogens (tertiary/aromatic N) is 2. The number of ether oxygens (including phenoxy) is 1. The number of hydrogen-bond acceptors (Lipinski definition) is 6. The van der Waals surface area contributed by atoms with Crippen LogP contribution in [-0.4, -0.2) is 17.3 Å². The van der Waals surface area contributed by atoms with Crippen molar-refractivity contribution in [3.63, 3.8) is 0 Å². The Kier molecular flexibility index (Phi) is 6.12. The van der Waals surface area contributed by atoms with Gasteiger partial charge in [-0.3, -0.25) is 0 Å². The summed E-state index contributed by atoms with van der Waals surface area (Å²) in [6.07, 6.45) is 0. The summed E-state index contributed by atoms with van der Waals surface area (Å²) in [7, 11) is 1.66. The Labute approximate surface area is 152 Å². The van der Waals surface area contributed by atoms with Crippen molar-refractivity contribution in [2.24, 2.45) is 0 Å². The summed E-state index contributed by atoms with van der Waals surface area (Å²) in [5.41, 5.74) is 2.29. The molecule has 0 aliphatic carbocycles. The van der Waals surface area contributed by atoms with E-state index in [0.717, 1.165) is 31.5 Å². The number of thioether (sulfide) groups is 2. The lowest BCUT2D eigenvalue weighted by atomic mass is 10.2. The zero-order valence-corrected chi connectivity index (χ0v) is 15.4. The Morgan fingerprint density at radius 2 is 1.38 bits per heavy atom. The number of rotatable bonds is 7. The third-order valence-corrected chi connectivity index (χ3v) is 6.52. The first-order valence-electron chi connectivity index (χ1n) is 7.19. The quantitative estimate of drug-likeness (QED) is 0.523. The number of aromatic nitrogens is 2. The van der Waals surface area contributed by atoms with E-state index in [-0.39, 0.29) is 5.82 Å². The molecule has 1 aromatic heterocycles. The number of halogens is 1. The monoisotopic (exact) mass is 378 g/mol. The largest absolute Gasteiger partial charge is 0.497 e. The minimum atomic E-state index is -0.211. The van der Waals surface area contributed by atoms with Gasteiger partial charge < -0.3 is 4.74 Å². The third kappa shape index (κ3) is 4.96. The van der Waals surface area contributed by atoms with Crippen molar-refractivity contribution in [2.75, 3.05) is 7.11 Å². The second-order valence-corrected chi connectivity index (χ2v) is 8.31. The molecule has 0 radical (unpaired) electrons. The van der Waals surface area contributed by atoms with Gasteiger partial charge in [-0.25, -0.2) is 4.39 Å². The predicted octanol–water partition coefficient (Wildman–Crippen LogP) is 5.27. The van der Waals surface area contributed by atoms with Gasteiger partial charge in [0.2, 0.25) is 0 Å². The maximum atomic E-state index is 12.9. The highest BCUT2D eigenvalue weighted by molar-refractivity contribution is 8.02. The van der Waals surface area contributed by atoms with E-state index in [9.17, 15) is 4.39 Å².